The van der Waals surface area contributed by atoms with Crippen molar-refractivity contribution in [3.05, 3.63) is 181 Å². The van der Waals surface area contributed by atoms with Crippen LogP contribution in [0, 0.1) is 12.1 Å². The van der Waals surface area contributed by atoms with Crippen LogP contribution in [0.3, 0.4) is 0 Å². The number of hydrogen-bond acceptors (Lipinski definition) is 3. The summed E-state index contributed by atoms with van der Waals surface area (Å²) in [5.41, 5.74) is 10.0. The summed E-state index contributed by atoms with van der Waals surface area (Å²) in [6.07, 6.45) is 1.90. The molecule has 3 heterocycles. The molecular weight excluding hydrogens is 796 g/mol. The molecule has 1 N–H and O–H groups in total. The van der Waals surface area contributed by atoms with Crippen molar-refractivity contribution in [2.45, 2.75) is 19.3 Å². The average molecular weight is 829 g/mol. The van der Waals surface area contributed by atoms with Gasteiger partial charge in [0.2, 0.25) is 0 Å². The number of nitrogens with zero attached hydrogens (tertiary/aromatic N) is 4. The van der Waals surface area contributed by atoms with Gasteiger partial charge in [0.05, 0.1) is 0 Å². The van der Waals surface area contributed by atoms with E-state index in [1.165, 1.54) is 5.39 Å². The van der Waals surface area contributed by atoms with Crippen LogP contribution in [0.1, 0.15) is 25.0 Å². The summed E-state index contributed by atoms with van der Waals surface area (Å²) in [5, 5.41) is 6.30. The van der Waals surface area contributed by atoms with Crippen molar-refractivity contribution in [1.29, 1.82) is 0 Å². The summed E-state index contributed by atoms with van der Waals surface area (Å²) >= 11 is 0. The maximum Gasteiger partial charge on any atom is 0.148 e. The molecule has 0 fully saturated rings. The Hall–Kier alpha value is -5.48. The Labute approximate surface area is 306 Å². The molecule has 0 bridgehead atoms. The monoisotopic (exact) mass is 828 g/mol. The van der Waals surface area contributed by atoms with E-state index in [0.29, 0.717) is 0 Å². The largest absolute Gasteiger partial charge is 0.319 e. The molecule has 0 aliphatic carbocycles. The van der Waals surface area contributed by atoms with E-state index in [4.69, 9.17) is 9.92 Å². The van der Waals surface area contributed by atoms with E-state index in [2.05, 4.69) is 158 Å². The van der Waals surface area contributed by atoms with Gasteiger partial charge in [-0.1, -0.05) is 103 Å². The van der Waals surface area contributed by atoms with Gasteiger partial charge in [-0.2, -0.15) is 46.4 Å². The Morgan fingerprint density at radius 3 is 2.06 bits per heavy atom. The third-order valence-electron chi connectivity index (χ3n) is 9.54. The molecule has 0 atom stereocenters. The number of anilines is 4. The molecule has 0 saturated carbocycles. The normalized spacial score (nSPS) is 12.7. The fourth-order valence-corrected chi connectivity index (χ4v) is 6.88. The maximum absolute atomic E-state index is 5.05. The summed E-state index contributed by atoms with van der Waals surface area (Å²) in [6, 6.07) is 60.2. The second-order valence-corrected chi connectivity index (χ2v) is 12.9. The zero-order valence-electron chi connectivity index (χ0n) is 27.6. The van der Waals surface area contributed by atoms with Gasteiger partial charge in [-0.3, -0.25) is 0 Å². The molecule has 8 aromatic rings. The molecule has 0 spiro atoms. The van der Waals surface area contributed by atoms with Crippen molar-refractivity contribution in [2.24, 2.45) is 0 Å². The fraction of sp³-hybridized carbons (Fsp3) is 0.0682. The Bertz CT molecular complexity index is 2470. The molecule has 9 rings (SSSR count). The number of fused-ring (bicyclic) bond motifs is 4. The second kappa shape index (κ2) is 12.8. The number of hydrogen-bond donors (Lipinski definition) is 0. The van der Waals surface area contributed by atoms with Crippen molar-refractivity contribution < 1.29 is 26.0 Å². The third-order valence-corrected chi connectivity index (χ3v) is 9.54. The first-order valence-corrected chi connectivity index (χ1v) is 16.5. The van der Waals surface area contributed by atoms with Crippen LogP contribution < -0.4 is 10.1 Å². The Balaban J connectivity index is 0.00000361. The summed E-state index contributed by atoms with van der Waals surface area (Å²) in [5.74, 6) is 0.865. The molecule has 0 amide bonds. The zero-order chi connectivity index (χ0) is 33.0. The first kappa shape index (κ1) is 31.8. The number of rotatable bonds is 6. The molecule has 0 saturated heterocycles. The molecule has 0 unspecified atom stereocenters. The fourth-order valence-electron chi connectivity index (χ4n) is 6.88. The topological polar surface area (TPSA) is 37.1 Å². The number of aromatic nitrogens is 2. The van der Waals surface area contributed by atoms with Gasteiger partial charge in [0, 0.05) is 38.5 Å². The third kappa shape index (κ3) is 5.31. The van der Waals surface area contributed by atoms with E-state index in [-0.39, 0.29) is 21.1 Å². The smallest absolute Gasteiger partial charge is 0.148 e. The van der Waals surface area contributed by atoms with Crippen LogP contribution in [0.2, 0.25) is 0 Å². The first-order valence-electron chi connectivity index (χ1n) is 16.5. The molecule has 2 aromatic heterocycles. The van der Waals surface area contributed by atoms with Gasteiger partial charge >= 0.3 is 0 Å². The van der Waals surface area contributed by atoms with Gasteiger partial charge in [-0.05, 0) is 64.4 Å². The molecule has 0 radical (unpaired) electrons. The van der Waals surface area contributed by atoms with Crippen molar-refractivity contribution >= 4 is 44.6 Å². The van der Waals surface area contributed by atoms with Gasteiger partial charge in [-0.15, -0.1) is 22.6 Å². The Morgan fingerprint density at radius 2 is 1.26 bits per heavy atom. The Morgan fingerprint density at radius 1 is 0.580 bits per heavy atom. The van der Waals surface area contributed by atoms with Gasteiger partial charge in [-0.25, -0.2) is 4.98 Å². The minimum absolute atomic E-state index is 0. The summed E-state index contributed by atoms with van der Waals surface area (Å²) in [7, 11) is 0. The van der Waals surface area contributed by atoms with E-state index in [9.17, 15) is 0 Å². The van der Waals surface area contributed by atoms with Crippen LogP contribution in [0.5, 0.6) is 0 Å². The average Bonchev–Trinajstić information content (AvgIpc) is 3.72. The molecule has 5 nitrogen and oxygen atoms in total. The second-order valence-electron chi connectivity index (χ2n) is 12.9. The van der Waals surface area contributed by atoms with E-state index >= 15 is 0 Å². The summed E-state index contributed by atoms with van der Waals surface area (Å²) in [4.78, 5) is 9.93. The minimum Gasteiger partial charge on any atom is -0.319 e. The van der Waals surface area contributed by atoms with Crippen LogP contribution in [0.15, 0.2) is 158 Å². The van der Waals surface area contributed by atoms with E-state index in [1.54, 1.807) is 0 Å². The number of benzene rings is 6. The van der Waals surface area contributed by atoms with Gasteiger partial charge < -0.3 is 4.57 Å². The van der Waals surface area contributed by atoms with Crippen LogP contribution >= 0.6 is 0 Å². The van der Waals surface area contributed by atoms with E-state index in [0.717, 1.165) is 67.2 Å². The van der Waals surface area contributed by atoms with Gasteiger partial charge in [0.15, 0.2) is 0 Å². The predicted molar refractivity (Wildman–Crippen MR) is 199 cm³/mol. The molecule has 6 heteroatoms. The SMILES string of the molecule is CC(C)(c1[c-]c(N2[OH+]N(c3ccccc3)c3ccccc32)ccc1)c1[c-]c2c(cc1)c1ccccc1n2-c1cc(-c2ccccc2)ccn1.[Pt]. The van der Waals surface area contributed by atoms with Crippen molar-refractivity contribution in [2.75, 3.05) is 10.1 Å². The van der Waals surface area contributed by atoms with Crippen LogP contribution in [-0.4, -0.2) is 14.5 Å². The summed E-state index contributed by atoms with van der Waals surface area (Å²) < 4.78 is 2.25. The van der Waals surface area contributed by atoms with Crippen LogP contribution in [0.25, 0.3) is 38.8 Å². The number of para-hydroxylation sites is 4. The van der Waals surface area contributed by atoms with Gasteiger partial charge in [0.1, 0.15) is 22.9 Å². The predicted octanol–water partition coefficient (Wildman–Crippen LogP) is 10.9. The minimum atomic E-state index is -0.414. The quantitative estimate of drug-likeness (QED) is 0.124. The van der Waals surface area contributed by atoms with E-state index < -0.39 is 5.41 Å². The molecule has 246 valence electrons. The van der Waals surface area contributed by atoms with Crippen molar-refractivity contribution in [1.82, 2.24) is 9.55 Å². The van der Waals surface area contributed by atoms with Crippen molar-refractivity contribution in [3.63, 3.8) is 0 Å². The number of pyridine rings is 1. The standard InChI is InChI=1S/C44H32N4O.Pt/c1-44(2,33-16-13-19-36(29-33)48-41-23-12-11-22-40(41)47(49-48)35-17-7-4-8-18-35)34-24-25-38-37-20-9-10-21-39(37)46(42(38)30-34)43-28-32(26-27-45-43)31-14-5-3-6-15-31;/h3-28H,1-2H3;/q-2;/p+1. The van der Waals surface area contributed by atoms with E-state index in [1.807, 2.05) is 40.6 Å². The first-order chi connectivity index (χ1) is 24.1. The molecule has 50 heavy (non-hydrogen) atoms. The molecule has 1 aliphatic rings. The van der Waals surface area contributed by atoms with Crippen LogP contribution in [-0.2, 0) is 26.5 Å². The zero-order valence-corrected chi connectivity index (χ0v) is 29.8. The molecular formula is C44H33N4OPt-. The van der Waals surface area contributed by atoms with Gasteiger partial charge in [0.25, 0.3) is 0 Å². The van der Waals surface area contributed by atoms with Crippen LogP contribution in [0.4, 0.5) is 22.7 Å². The molecule has 1 aliphatic heterocycles. The maximum atomic E-state index is 5.05. The molecule has 6 aromatic carbocycles. The Kier molecular flexibility index (Phi) is 8.11. The van der Waals surface area contributed by atoms with Crippen molar-refractivity contribution in [3.8, 4) is 16.9 Å². The summed E-state index contributed by atoms with van der Waals surface area (Å²) in [6.45, 7) is 4.49.